The maximum absolute atomic E-state index is 13.3. The normalized spacial score (nSPS) is 10.8. The number of rotatable bonds is 3. The highest BCUT2D eigenvalue weighted by atomic mass is 19.1. The number of hydrogen-bond acceptors (Lipinski definition) is 3. The fourth-order valence-electron chi connectivity index (χ4n) is 2.80. The Morgan fingerprint density at radius 2 is 1.35 bits per heavy atom. The van der Waals surface area contributed by atoms with Crippen LogP contribution in [0.15, 0.2) is 72.8 Å². The average molecular weight is 345 g/mol. The lowest BCUT2D eigenvalue weighted by Crippen LogP contribution is -1.87. The van der Waals surface area contributed by atoms with Crippen LogP contribution in [-0.2, 0) is 0 Å². The molecular weight excluding hydrogens is 329 g/mol. The molecule has 0 aliphatic rings. The van der Waals surface area contributed by atoms with Crippen molar-refractivity contribution in [3.8, 4) is 39.7 Å². The van der Waals surface area contributed by atoms with Crippen molar-refractivity contribution < 1.29 is 9.50 Å². The SMILES string of the molecule is Nc1ccc(-c2[nH]c(-c3ccc(O)cc3)nc2-c2ccc(F)cc2)cc1. The van der Waals surface area contributed by atoms with Gasteiger partial charge in [-0.1, -0.05) is 12.1 Å². The number of nitrogens with one attached hydrogen (secondary N) is 1. The maximum Gasteiger partial charge on any atom is 0.138 e. The summed E-state index contributed by atoms with van der Waals surface area (Å²) in [5.41, 5.74) is 10.6. The average Bonchev–Trinajstić information content (AvgIpc) is 3.09. The van der Waals surface area contributed by atoms with Crippen LogP contribution < -0.4 is 5.73 Å². The Balaban J connectivity index is 1.88. The van der Waals surface area contributed by atoms with Crippen molar-refractivity contribution in [3.63, 3.8) is 0 Å². The zero-order valence-corrected chi connectivity index (χ0v) is 13.8. The van der Waals surface area contributed by atoms with Gasteiger partial charge >= 0.3 is 0 Å². The lowest BCUT2D eigenvalue weighted by atomic mass is 10.0. The van der Waals surface area contributed by atoms with Crippen LogP contribution in [0.2, 0.25) is 0 Å². The Kier molecular flexibility index (Phi) is 3.89. The molecule has 0 radical (unpaired) electrons. The third-order valence-electron chi connectivity index (χ3n) is 4.16. The first-order valence-electron chi connectivity index (χ1n) is 8.11. The molecule has 26 heavy (non-hydrogen) atoms. The molecule has 0 aliphatic heterocycles. The van der Waals surface area contributed by atoms with Crippen LogP contribution >= 0.6 is 0 Å². The molecule has 0 unspecified atom stereocenters. The Morgan fingerprint density at radius 3 is 2.00 bits per heavy atom. The van der Waals surface area contributed by atoms with Crippen LogP contribution in [-0.4, -0.2) is 15.1 Å². The van der Waals surface area contributed by atoms with Crippen LogP contribution in [0.1, 0.15) is 0 Å². The summed E-state index contributed by atoms with van der Waals surface area (Å²) in [6.07, 6.45) is 0. The molecule has 0 atom stereocenters. The molecule has 0 amide bonds. The van der Waals surface area contributed by atoms with Gasteiger partial charge < -0.3 is 15.8 Å². The molecule has 0 saturated carbocycles. The smallest absolute Gasteiger partial charge is 0.138 e. The van der Waals surface area contributed by atoms with E-state index in [1.54, 1.807) is 36.4 Å². The fraction of sp³-hybridized carbons (Fsp3) is 0. The number of H-pyrrole nitrogens is 1. The van der Waals surface area contributed by atoms with E-state index in [1.807, 2.05) is 24.3 Å². The minimum absolute atomic E-state index is 0.192. The second-order valence-corrected chi connectivity index (χ2v) is 5.98. The molecule has 0 spiro atoms. The van der Waals surface area contributed by atoms with E-state index in [1.165, 1.54) is 12.1 Å². The van der Waals surface area contributed by atoms with Crippen LogP contribution in [0.4, 0.5) is 10.1 Å². The predicted molar refractivity (Wildman–Crippen MR) is 101 cm³/mol. The zero-order valence-electron chi connectivity index (χ0n) is 13.8. The molecule has 4 aromatic rings. The van der Waals surface area contributed by atoms with Crippen molar-refractivity contribution in [2.75, 3.05) is 5.73 Å². The third kappa shape index (κ3) is 3.02. The van der Waals surface area contributed by atoms with Gasteiger partial charge in [0.15, 0.2) is 0 Å². The van der Waals surface area contributed by atoms with Gasteiger partial charge in [-0.15, -0.1) is 0 Å². The summed E-state index contributed by atoms with van der Waals surface area (Å²) in [6, 6.07) is 20.5. The van der Waals surface area contributed by atoms with Crippen LogP contribution in [0.25, 0.3) is 33.9 Å². The first-order chi connectivity index (χ1) is 12.6. The van der Waals surface area contributed by atoms with Crippen molar-refractivity contribution in [3.05, 3.63) is 78.6 Å². The molecule has 0 saturated heterocycles. The minimum Gasteiger partial charge on any atom is -0.508 e. The maximum atomic E-state index is 13.3. The molecular formula is C21H16FN3O. The first-order valence-corrected chi connectivity index (χ1v) is 8.11. The van der Waals surface area contributed by atoms with Gasteiger partial charge in [-0.05, 0) is 60.7 Å². The van der Waals surface area contributed by atoms with Gasteiger partial charge in [-0.3, -0.25) is 0 Å². The van der Waals surface area contributed by atoms with E-state index in [0.29, 0.717) is 11.5 Å². The highest BCUT2D eigenvalue weighted by Gasteiger charge is 2.15. The number of nitrogen functional groups attached to an aromatic ring is 1. The van der Waals surface area contributed by atoms with E-state index < -0.39 is 0 Å². The van der Waals surface area contributed by atoms with E-state index in [-0.39, 0.29) is 11.6 Å². The van der Waals surface area contributed by atoms with Gasteiger partial charge in [0, 0.05) is 22.4 Å². The van der Waals surface area contributed by atoms with E-state index in [0.717, 1.165) is 28.1 Å². The van der Waals surface area contributed by atoms with Gasteiger partial charge in [0.2, 0.25) is 0 Å². The van der Waals surface area contributed by atoms with Gasteiger partial charge in [0.25, 0.3) is 0 Å². The fourth-order valence-corrected chi connectivity index (χ4v) is 2.80. The molecule has 128 valence electrons. The van der Waals surface area contributed by atoms with Gasteiger partial charge in [0.05, 0.1) is 11.4 Å². The minimum atomic E-state index is -0.294. The lowest BCUT2D eigenvalue weighted by molar-refractivity contribution is 0.475. The summed E-state index contributed by atoms with van der Waals surface area (Å²) in [5.74, 6) is 0.561. The number of phenolic OH excluding ortho intramolecular Hbond substituents is 1. The number of aromatic amines is 1. The van der Waals surface area contributed by atoms with E-state index >= 15 is 0 Å². The molecule has 4 rings (SSSR count). The summed E-state index contributed by atoms with van der Waals surface area (Å²) in [6.45, 7) is 0. The number of halogens is 1. The first kappa shape index (κ1) is 15.9. The van der Waals surface area contributed by atoms with Crippen molar-refractivity contribution >= 4 is 5.69 Å². The van der Waals surface area contributed by atoms with Crippen LogP contribution in [0.3, 0.4) is 0 Å². The summed E-state index contributed by atoms with van der Waals surface area (Å²) in [5, 5.41) is 9.49. The predicted octanol–water partition coefficient (Wildman–Crippen LogP) is 4.84. The molecule has 0 fully saturated rings. The number of benzene rings is 3. The van der Waals surface area contributed by atoms with E-state index in [2.05, 4.69) is 4.98 Å². The van der Waals surface area contributed by atoms with Crippen molar-refractivity contribution in [2.24, 2.45) is 0 Å². The topological polar surface area (TPSA) is 74.9 Å². The highest BCUT2D eigenvalue weighted by Crippen LogP contribution is 2.33. The second kappa shape index (κ2) is 6.37. The Morgan fingerprint density at radius 1 is 0.769 bits per heavy atom. The van der Waals surface area contributed by atoms with Gasteiger partial charge in [-0.25, -0.2) is 9.37 Å². The number of imidazole rings is 1. The zero-order chi connectivity index (χ0) is 18.1. The monoisotopic (exact) mass is 345 g/mol. The largest absolute Gasteiger partial charge is 0.508 e. The summed E-state index contributed by atoms with van der Waals surface area (Å²) >= 11 is 0. The number of aromatic hydroxyl groups is 1. The van der Waals surface area contributed by atoms with Crippen molar-refractivity contribution in [1.29, 1.82) is 0 Å². The quantitative estimate of drug-likeness (QED) is 0.465. The standard InChI is InChI=1S/C21H16FN3O/c22-16-7-1-13(2-8-16)19-20(14-3-9-17(23)10-4-14)25-21(24-19)15-5-11-18(26)12-6-15/h1-12,26H,23H2,(H,24,25). The highest BCUT2D eigenvalue weighted by molar-refractivity contribution is 5.81. The molecule has 1 heterocycles. The van der Waals surface area contributed by atoms with Crippen LogP contribution in [0.5, 0.6) is 5.75 Å². The summed E-state index contributed by atoms with van der Waals surface area (Å²) in [7, 11) is 0. The molecule has 0 bridgehead atoms. The molecule has 3 aromatic carbocycles. The molecule has 5 heteroatoms. The van der Waals surface area contributed by atoms with Crippen LogP contribution in [0, 0.1) is 5.82 Å². The second-order valence-electron chi connectivity index (χ2n) is 5.98. The molecule has 4 nitrogen and oxygen atoms in total. The molecule has 1 aromatic heterocycles. The summed E-state index contributed by atoms with van der Waals surface area (Å²) in [4.78, 5) is 8.06. The van der Waals surface area contributed by atoms with E-state index in [4.69, 9.17) is 10.7 Å². The molecule has 4 N–H and O–H groups in total. The van der Waals surface area contributed by atoms with Crippen molar-refractivity contribution in [2.45, 2.75) is 0 Å². The number of hydrogen-bond donors (Lipinski definition) is 3. The van der Waals surface area contributed by atoms with Crippen molar-refractivity contribution in [1.82, 2.24) is 9.97 Å². The number of anilines is 1. The number of phenols is 1. The summed E-state index contributed by atoms with van der Waals surface area (Å²) < 4.78 is 13.3. The number of aromatic nitrogens is 2. The van der Waals surface area contributed by atoms with Gasteiger partial charge in [-0.2, -0.15) is 0 Å². The molecule has 0 aliphatic carbocycles. The Labute approximate surface area is 149 Å². The Bertz CT molecular complexity index is 973. The third-order valence-corrected chi connectivity index (χ3v) is 4.16. The number of nitrogens with two attached hydrogens (primary N) is 1. The van der Waals surface area contributed by atoms with Gasteiger partial charge in [0.1, 0.15) is 17.4 Å². The lowest BCUT2D eigenvalue weighted by Gasteiger charge is -2.04. The Hall–Kier alpha value is -3.60. The van der Waals surface area contributed by atoms with E-state index in [9.17, 15) is 9.50 Å². The number of nitrogens with zero attached hydrogens (tertiary/aromatic N) is 1.